The van der Waals surface area contributed by atoms with Gasteiger partial charge in [0.1, 0.15) is 0 Å². The van der Waals surface area contributed by atoms with E-state index in [0.29, 0.717) is 0 Å². The van der Waals surface area contributed by atoms with Crippen molar-refractivity contribution in [1.82, 2.24) is 0 Å². The minimum absolute atomic E-state index is 0. The molecule has 0 amide bonds. The summed E-state index contributed by atoms with van der Waals surface area (Å²) in [5.41, 5.74) is 0. The standard InChI is InChI=1S/C5H13IN.HI/c1-7(2,3)5-4-6;/h4-5H2,1-3H3;1H/q+1;/p-1. The zero-order valence-electron chi connectivity index (χ0n) is 5.62. The van der Waals surface area contributed by atoms with E-state index >= 15 is 0 Å². The minimum Gasteiger partial charge on any atom is -1.00 e. The molecule has 0 saturated heterocycles. The first kappa shape index (κ1) is 12.1. The number of rotatable bonds is 2. The van der Waals surface area contributed by atoms with Gasteiger partial charge >= 0.3 is 0 Å². The smallest absolute Gasteiger partial charge is 0.0871 e. The lowest BCUT2D eigenvalue weighted by atomic mass is 10.6. The number of halogens is 2. The van der Waals surface area contributed by atoms with Gasteiger partial charge in [-0.3, -0.25) is 0 Å². The van der Waals surface area contributed by atoms with E-state index in [1.807, 2.05) is 0 Å². The molecule has 0 radical (unpaired) electrons. The molecule has 3 heteroatoms. The van der Waals surface area contributed by atoms with Gasteiger partial charge in [0.2, 0.25) is 0 Å². The molecule has 0 N–H and O–H groups in total. The van der Waals surface area contributed by atoms with Crippen molar-refractivity contribution in [1.29, 1.82) is 0 Å². The molecular weight excluding hydrogens is 328 g/mol. The van der Waals surface area contributed by atoms with Crippen molar-refractivity contribution in [2.45, 2.75) is 0 Å². The topological polar surface area (TPSA) is 0 Å². The zero-order valence-corrected chi connectivity index (χ0v) is 9.93. The Morgan fingerprint density at radius 3 is 1.62 bits per heavy atom. The maximum Gasteiger partial charge on any atom is 0.0871 e. The van der Waals surface area contributed by atoms with Crippen LogP contribution in [0.3, 0.4) is 0 Å². The number of quaternary nitrogens is 1. The lowest BCUT2D eigenvalue weighted by Crippen LogP contribution is -3.00. The molecule has 0 aromatic rings. The molecule has 0 aliphatic rings. The predicted molar refractivity (Wildman–Crippen MR) is 41.8 cm³/mol. The zero-order chi connectivity index (χ0) is 5.91. The summed E-state index contributed by atoms with van der Waals surface area (Å²) in [5, 5.41) is 0. The van der Waals surface area contributed by atoms with Gasteiger partial charge in [-0.1, -0.05) is 22.6 Å². The van der Waals surface area contributed by atoms with Gasteiger partial charge in [-0.05, 0) is 0 Å². The van der Waals surface area contributed by atoms with Gasteiger partial charge in [0, 0.05) is 4.43 Å². The lowest BCUT2D eigenvalue weighted by Gasteiger charge is -2.21. The average molecular weight is 341 g/mol. The molecular formula is C5H13I2N. The molecule has 0 rings (SSSR count). The van der Waals surface area contributed by atoms with Crippen LogP contribution in [0.2, 0.25) is 0 Å². The quantitative estimate of drug-likeness (QED) is 0.314. The van der Waals surface area contributed by atoms with Crippen LogP contribution in [-0.2, 0) is 0 Å². The third-order valence-corrected chi connectivity index (χ3v) is 1.24. The monoisotopic (exact) mass is 341 g/mol. The largest absolute Gasteiger partial charge is 1.00 e. The van der Waals surface area contributed by atoms with Crippen LogP contribution in [0.1, 0.15) is 0 Å². The van der Waals surface area contributed by atoms with Crippen molar-refractivity contribution in [3.8, 4) is 0 Å². The van der Waals surface area contributed by atoms with Gasteiger partial charge in [-0.25, -0.2) is 0 Å². The average Bonchev–Trinajstić information content (AvgIpc) is 1.30. The van der Waals surface area contributed by atoms with Crippen LogP contribution in [-0.4, -0.2) is 36.6 Å². The fourth-order valence-corrected chi connectivity index (χ4v) is 1.70. The molecule has 0 atom stereocenters. The van der Waals surface area contributed by atoms with E-state index in [9.17, 15) is 0 Å². The third-order valence-electron chi connectivity index (χ3n) is 0.755. The maximum atomic E-state index is 2.40. The van der Waals surface area contributed by atoms with Crippen LogP contribution in [0, 0.1) is 0 Å². The Labute approximate surface area is 82.6 Å². The van der Waals surface area contributed by atoms with Crippen LogP contribution < -0.4 is 24.0 Å². The van der Waals surface area contributed by atoms with Crippen molar-refractivity contribution in [2.24, 2.45) is 0 Å². The van der Waals surface area contributed by atoms with Crippen molar-refractivity contribution < 1.29 is 28.5 Å². The number of alkyl halides is 1. The van der Waals surface area contributed by atoms with Gasteiger partial charge in [0.25, 0.3) is 0 Å². The van der Waals surface area contributed by atoms with E-state index in [1.54, 1.807) is 0 Å². The molecule has 0 heterocycles. The Balaban J connectivity index is 0. The number of hydrogen-bond donors (Lipinski definition) is 0. The van der Waals surface area contributed by atoms with Gasteiger partial charge < -0.3 is 28.5 Å². The molecule has 0 aromatic carbocycles. The maximum absolute atomic E-state index is 2.40. The fourth-order valence-electron chi connectivity index (χ4n) is 0.254. The Hall–Kier alpha value is 1.42. The van der Waals surface area contributed by atoms with Crippen molar-refractivity contribution >= 4 is 22.6 Å². The Morgan fingerprint density at radius 1 is 1.25 bits per heavy atom. The van der Waals surface area contributed by atoms with Crippen molar-refractivity contribution in [2.75, 3.05) is 32.1 Å². The first-order valence-electron chi connectivity index (χ1n) is 2.43. The molecule has 0 aliphatic heterocycles. The van der Waals surface area contributed by atoms with Crippen molar-refractivity contribution in [3.05, 3.63) is 0 Å². The Kier molecular flexibility index (Phi) is 7.92. The summed E-state index contributed by atoms with van der Waals surface area (Å²) in [7, 11) is 6.62. The van der Waals surface area contributed by atoms with Gasteiger partial charge in [-0.15, -0.1) is 0 Å². The van der Waals surface area contributed by atoms with Crippen LogP contribution in [0.4, 0.5) is 0 Å². The van der Waals surface area contributed by atoms with E-state index in [1.165, 1.54) is 11.0 Å². The Morgan fingerprint density at radius 2 is 1.62 bits per heavy atom. The Bertz CT molecular complexity index is 48.9. The van der Waals surface area contributed by atoms with E-state index in [4.69, 9.17) is 0 Å². The summed E-state index contributed by atoms with van der Waals surface area (Å²) < 4.78 is 2.34. The summed E-state index contributed by atoms with van der Waals surface area (Å²) in [6.07, 6.45) is 0. The molecule has 52 valence electrons. The molecule has 0 saturated carbocycles. The summed E-state index contributed by atoms with van der Waals surface area (Å²) in [4.78, 5) is 0. The molecule has 8 heavy (non-hydrogen) atoms. The molecule has 0 spiro atoms. The van der Waals surface area contributed by atoms with Gasteiger partial charge in [0.05, 0.1) is 27.7 Å². The SMILES string of the molecule is C[N+](C)(C)CCI.[I-]. The highest BCUT2D eigenvalue weighted by Crippen LogP contribution is 1.91. The van der Waals surface area contributed by atoms with Crippen LogP contribution in [0.5, 0.6) is 0 Å². The second-order valence-electron chi connectivity index (χ2n) is 2.70. The minimum atomic E-state index is 0. The molecule has 0 aliphatic carbocycles. The second kappa shape index (κ2) is 5.22. The van der Waals surface area contributed by atoms with Crippen molar-refractivity contribution in [3.63, 3.8) is 0 Å². The molecule has 0 unspecified atom stereocenters. The lowest BCUT2D eigenvalue weighted by molar-refractivity contribution is -0.867. The molecule has 0 aromatic heterocycles. The van der Waals surface area contributed by atoms with Gasteiger partial charge in [0.15, 0.2) is 0 Å². The van der Waals surface area contributed by atoms with Crippen LogP contribution >= 0.6 is 22.6 Å². The highest BCUT2D eigenvalue weighted by molar-refractivity contribution is 14.1. The van der Waals surface area contributed by atoms with E-state index in [0.717, 1.165) is 4.48 Å². The van der Waals surface area contributed by atoms with Gasteiger partial charge in [-0.2, -0.15) is 0 Å². The third kappa shape index (κ3) is 10.4. The number of nitrogens with zero attached hydrogens (tertiary/aromatic N) is 1. The fraction of sp³-hybridized carbons (Fsp3) is 1.00. The summed E-state index contributed by atoms with van der Waals surface area (Å²) in [5.74, 6) is 0. The molecule has 0 fully saturated rings. The summed E-state index contributed by atoms with van der Waals surface area (Å²) >= 11 is 2.40. The predicted octanol–water partition coefficient (Wildman–Crippen LogP) is -1.87. The highest BCUT2D eigenvalue weighted by Gasteiger charge is 2.01. The van der Waals surface area contributed by atoms with Crippen LogP contribution in [0.25, 0.3) is 0 Å². The first-order chi connectivity index (χ1) is 3.06. The molecule has 0 bridgehead atoms. The number of hydrogen-bond acceptors (Lipinski definition) is 0. The normalized spacial score (nSPS) is 10.5. The molecule has 1 nitrogen and oxygen atoms in total. The highest BCUT2D eigenvalue weighted by atomic mass is 127. The second-order valence-corrected chi connectivity index (χ2v) is 3.78. The van der Waals surface area contributed by atoms with E-state index in [2.05, 4.69) is 43.7 Å². The summed E-state index contributed by atoms with van der Waals surface area (Å²) in [6, 6.07) is 0. The van der Waals surface area contributed by atoms with E-state index < -0.39 is 0 Å². The van der Waals surface area contributed by atoms with E-state index in [-0.39, 0.29) is 24.0 Å². The summed E-state index contributed by atoms with van der Waals surface area (Å²) in [6.45, 7) is 1.26. The van der Waals surface area contributed by atoms with Crippen LogP contribution in [0.15, 0.2) is 0 Å². The first-order valence-corrected chi connectivity index (χ1v) is 3.95.